The first-order chi connectivity index (χ1) is 14.0. The number of fused-ring (bicyclic) bond motifs is 1. The van der Waals surface area contributed by atoms with Crippen LogP contribution in [0.2, 0.25) is 0 Å². The minimum absolute atomic E-state index is 0.196. The van der Waals surface area contributed by atoms with Gasteiger partial charge in [0.25, 0.3) is 0 Å². The molecule has 2 heterocycles. The maximum absolute atomic E-state index is 13.8. The van der Waals surface area contributed by atoms with Gasteiger partial charge in [0.05, 0.1) is 6.61 Å². The molecule has 0 amide bonds. The predicted molar refractivity (Wildman–Crippen MR) is 107 cm³/mol. The van der Waals surface area contributed by atoms with E-state index in [1.807, 2.05) is 11.0 Å². The number of hydrogen-bond donors (Lipinski definition) is 0. The van der Waals surface area contributed by atoms with Crippen molar-refractivity contribution < 1.29 is 18.3 Å². The zero-order valence-electron chi connectivity index (χ0n) is 16.7. The molecule has 0 bridgehead atoms. The highest BCUT2D eigenvalue weighted by atomic mass is 19.1. The van der Waals surface area contributed by atoms with Gasteiger partial charge in [-0.25, -0.2) is 18.6 Å². The Hall–Kier alpha value is -2.50. The van der Waals surface area contributed by atoms with Crippen molar-refractivity contribution in [1.82, 2.24) is 4.98 Å². The predicted octanol–water partition coefficient (Wildman–Crippen LogP) is 5.22. The average molecular weight is 400 g/mol. The second kappa shape index (κ2) is 8.47. The van der Waals surface area contributed by atoms with Crippen molar-refractivity contribution in [2.45, 2.75) is 51.5 Å². The summed E-state index contributed by atoms with van der Waals surface area (Å²) >= 11 is 0. The molecule has 1 unspecified atom stereocenters. The number of anilines is 1. The molecule has 1 aliphatic carbocycles. The molecule has 1 saturated carbocycles. The third kappa shape index (κ3) is 4.26. The molecule has 2 aliphatic rings. The zero-order valence-corrected chi connectivity index (χ0v) is 16.7. The fourth-order valence-electron chi connectivity index (χ4n) is 4.76. The van der Waals surface area contributed by atoms with Crippen LogP contribution in [0.15, 0.2) is 30.5 Å². The van der Waals surface area contributed by atoms with Gasteiger partial charge >= 0.3 is 5.97 Å². The number of pyridine rings is 1. The third-order valence-electron chi connectivity index (χ3n) is 6.12. The normalized spacial score (nSPS) is 19.7. The van der Waals surface area contributed by atoms with Crippen LogP contribution >= 0.6 is 0 Å². The van der Waals surface area contributed by atoms with E-state index in [9.17, 15) is 13.6 Å². The van der Waals surface area contributed by atoms with Gasteiger partial charge in [-0.15, -0.1) is 0 Å². The van der Waals surface area contributed by atoms with E-state index in [1.165, 1.54) is 31.4 Å². The van der Waals surface area contributed by atoms with Gasteiger partial charge in [0.1, 0.15) is 17.3 Å². The molecule has 4 rings (SSSR count). The second-order valence-corrected chi connectivity index (χ2v) is 8.00. The Morgan fingerprint density at radius 2 is 1.86 bits per heavy atom. The summed E-state index contributed by atoms with van der Waals surface area (Å²) in [6, 6.07) is 5.53. The van der Waals surface area contributed by atoms with Crippen molar-refractivity contribution in [1.29, 1.82) is 0 Å². The molecule has 1 atom stereocenters. The molecular weight excluding hydrogens is 374 g/mol. The van der Waals surface area contributed by atoms with Crippen molar-refractivity contribution in [3.63, 3.8) is 0 Å². The molecular formula is C23H26F2N2O2. The first-order valence-corrected chi connectivity index (χ1v) is 10.4. The quantitative estimate of drug-likeness (QED) is 0.660. The van der Waals surface area contributed by atoms with Gasteiger partial charge in [0.15, 0.2) is 0 Å². The number of hydrogen-bond acceptors (Lipinski definition) is 4. The second-order valence-electron chi connectivity index (χ2n) is 8.00. The molecule has 1 fully saturated rings. The fraction of sp³-hybridized carbons (Fsp3) is 0.478. The summed E-state index contributed by atoms with van der Waals surface area (Å²) in [4.78, 5) is 18.5. The van der Waals surface area contributed by atoms with Crippen LogP contribution in [0.4, 0.5) is 14.5 Å². The molecule has 0 spiro atoms. The third-order valence-corrected chi connectivity index (χ3v) is 6.12. The van der Waals surface area contributed by atoms with Crippen LogP contribution in [0.3, 0.4) is 0 Å². The zero-order chi connectivity index (χ0) is 20.4. The number of nitrogens with zero attached hydrogens (tertiary/aromatic N) is 2. The van der Waals surface area contributed by atoms with Gasteiger partial charge in [-0.3, -0.25) is 0 Å². The van der Waals surface area contributed by atoms with Crippen LogP contribution in [-0.2, 0) is 11.3 Å². The number of carbonyl (C=O) groups is 1. The summed E-state index contributed by atoms with van der Waals surface area (Å²) in [5.41, 5.74) is 3.01. The first-order valence-electron chi connectivity index (χ1n) is 10.4. The lowest BCUT2D eigenvalue weighted by Crippen LogP contribution is -2.37. The largest absolute Gasteiger partial charge is 0.461 e. The van der Waals surface area contributed by atoms with Gasteiger partial charge in [-0.2, -0.15) is 0 Å². The maximum Gasteiger partial charge on any atom is 0.356 e. The molecule has 1 aromatic carbocycles. The summed E-state index contributed by atoms with van der Waals surface area (Å²) in [6.45, 7) is 3.27. The van der Waals surface area contributed by atoms with Crippen LogP contribution in [0, 0.1) is 17.6 Å². The van der Waals surface area contributed by atoms with Gasteiger partial charge in [-0.05, 0) is 55.0 Å². The lowest BCUT2D eigenvalue weighted by atomic mass is 9.74. The highest BCUT2D eigenvalue weighted by Crippen LogP contribution is 2.42. The SMILES string of the molecule is CCOC(=O)c1cc2c(cn1)CN(c1cc(F)cc(F)c1)CC2C1CCCCC1. The molecule has 6 heteroatoms. The van der Waals surface area contributed by atoms with Crippen molar-refractivity contribution >= 4 is 11.7 Å². The number of halogens is 2. The van der Waals surface area contributed by atoms with Gasteiger partial charge in [0, 0.05) is 37.0 Å². The fourth-order valence-corrected chi connectivity index (χ4v) is 4.76. The Balaban J connectivity index is 1.71. The van der Waals surface area contributed by atoms with Crippen LogP contribution in [0.5, 0.6) is 0 Å². The number of rotatable bonds is 4. The first kappa shape index (κ1) is 19.8. The standard InChI is InChI=1S/C23H26F2N2O2/c1-2-29-23(28)22-11-20-16(12-26-22)13-27(19-9-17(24)8-18(25)10-19)14-21(20)15-6-4-3-5-7-15/h8-12,15,21H,2-7,13-14H2,1H3. The van der Waals surface area contributed by atoms with Crippen molar-refractivity contribution in [3.05, 3.63) is 58.9 Å². The summed E-state index contributed by atoms with van der Waals surface area (Å²) in [5, 5.41) is 0. The lowest BCUT2D eigenvalue weighted by Gasteiger charge is -2.41. The Morgan fingerprint density at radius 3 is 2.55 bits per heavy atom. The molecule has 1 aliphatic heterocycles. The molecule has 0 N–H and O–H groups in total. The highest BCUT2D eigenvalue weighted by Gasteiger charge is 2.33. The average Bonchev–Trinajstić information content (AvgIpc) is 2.72. The lowest BCUT2D eigenvalue weighted by molar-refractivity contribution is 0.0519. The van der Waals surface area contributed by atoms with Gasteiger partial charge in [0.2, 0.25) is 0 Å². The van der Waals surface area contributed by atoms with E-state index < -0.39 is 17.6 Å². The number of carbonyl (C=O) groups excluding carboxylic acids is 1. The topological polar surface area (TPSA) is 42.4 Å². The smallest absolute Gasteiger partial charge is 0.356 e. The molecule has 0 saturated heterocycles. The molecule has 1 aromatic heterocycles. The minimum Gasteiger partial charge on any atom is -0.461 e. The van der Waals surface area contributed by atoms with Gasteiger partial charge < -0.3 is 9.64 Å². The van der Waals surface area contributed by atoms with E-state index in [1.54, 1.807) is 13.1 Å². The summed E-state index contributed by atoms with van der Waals surface area (Å²) in [6.07, 6.45) is 7.62. The number of benzene rings is 1. The van der Waals surface area contributed by atoms with Crippen LogP contribution in [-0.4, -0.2) is 24.1 Å². The summed E-state index contributed by atoms with van der Waals surface area (Å²) in [5.74, 6) is -0.873. The van der Waals surface area contributed by atoms with Crippen molar-refractivity contribution in [2.75, 3.05) is 18.1 Å². The van der Waals surface area contributed by atoms with Crippen molar-refractivity contribution in [2.24, 2.45) is 5.92 Å². The van der Waals surface area contributed by atoms with E-state index >= 15 is 0 Å². The summed E-state index contributed by atoms with van der Waals surface area (Å²) < 4.78 is 32.8. The molecule has 29 heavy (non-hydrogen) atoms. The number of aromatic nitrogens is 1. The molecule has 4 nitrogen and oxygen atoms in total. The number of ether oxygens (including phenoxy) is 1. The van der Waals surface area contributed by atoms with E-state index in [0.717, 1.165) is 30.0 Å². The van der Waals surface area contributed by atoms with Crippen LogP contribution < -0.4 is 4.90 Å². The molecule has 154 valence electrons. The maximum atomic E-state index is 13.8. The van der Waals surface area contributed by atoms with Crippen LogP contribution in [0.25, 0.3) is 0 Å². The van der Waals surface area contributed by atoms with E-state index in [4.69, 9.17) is 4.74 Å². The van der Waals surface area contributed by atoms with Gasteiger partial charge in [-0.1, -0.05) is 19.3 Å². The molecule has 0 radical (unpaired) electrons. The van der Waals surface area contributed by atoms with E-state index in [2.05, 4.69) is 4.98 Å². The number of esters is 1. The minimum atomic E-state index is -0.573. The Morgan fingerprint density at radius 1 is 1.14 bits per heavy atom. The Bertz CT molecular complexity index is 876. The Kier molecular flexibility index (Phi) is 5.79. The summed E-state index contributed by atoms with van der Waals surface area (Å²) in [7, 11) is 0. The van der Waals surface area contributed by atoms with Crippen LogP contribution in [0.1, 0.15) is 66.6 Å². The van der Waals surface area contributed by atoms with E-state index in [0.29, 0.717) is 37.0 Å². The van der Waals surface area contributed by atoms with Crippen molar-refractivity contribution in [3.8, 4) is 0 Å². The molecule has 2 aromatic rings. The van der Waals surface area contributed by atoms with E-state index in [-0.39, 0.29) is 5.92 Å². The highest BCUT2D eigenvalue weighted by molar-refractivity contribution is 5.87. The monoisotopic (exact) mass is 400 g/mol. The Labute approximate surface area is 169 Å².